The Balaban J connectivity index is 2.30. The first-order chi connectivity index (χ1) is 9.67. The van der Waals surface area contributed by atoms with Gasteiger partial charge in [-0.25, -0.2) is 0 Å². The van der Waals surface area contributed by atoms with Crippen molar-refractivity contribution in [2.75, 3.05) is 33.3 Å². The van der Waals surface area contributed by atoms with Crippen molar-refractivity contribution in [3.63, 3.8) is 0 Å². The normalized spacial score (nSPS) is 19.7. The first-order valence-corrected chi connectivity index (χ1v) is 6.90. The molecule has 0 radical (unpaired) electrons. The van der Waals surface area contributed by atoms with E-state index in [0.29, 0.717) is 6.54 Å². The van der Waals surface area contributed by atoms with Gasteiger partial charge in [0, 0.05) is 38.7 Å². The highest BCUT2D eigenvalue weighted by molar-refractivity contribution is 5.73. The van der Waals surface area contributed by atoms with Gasteiger partial charge < -0.3 is 9.64 Å². The molecule has 1 heterocycles. The number of carbonyl (C=O) groups is 1. The van der Waals surface area contributed by atoms with E-state index in [0.717, 1.165) is 30.9 Å². The van der Waals surface area contributed by atoms with Crippen LogP contribution in [-0.2, 0) is 4.79 Å². The molecule has 20 heavy (non-hydrogen) atoms. The van der Waals surface area contributed by atoms with Crippen LogP contribution in [0.15, 0.2) is 36.9 Å². The van der Waals surface area contributed by atoms with E-state index in [1.54, 1.807) is 14.0 Å². The summed E-state index contributed by atoms with van der Waals surface area (Å²) in [4.78, 5) is 15.9. The quantitative estimate of drug-likeness (QED) is 0.788. The Morgan fingerprint density at radius 1 is 1.45 bits per heavy atom. The summed E-state index contributed by atoms with van der Waals surface area (Å²) >= 11 is 0. The Morgan fingerprint density at radius 2 is 2.20 bits per heavy atom. The lowest BCUT2D eigenvalue weighted by atomic mass is 10.0. The molecule has 108 valence electrons. The summed E-state index contributed by atoms with van der Waals surface area (Å²) in [6.07, 6.45) is 1.91. The van der Waals surface area contributed by atoms with Gasteiger partial charge in [0.1, 0.15) is 5.75 Å². The summed E-state index contributed by atoms with van der Waals surface area (Å²) in [5.74, 6) is 1.00. The molecule has 1 fully saturated rings. The minimum Gasteiger partial charge on any atom is -0.496 e. The summed E-state index contributed by atoms with van der Waals surface area (Å²) in [7, 11) is 1.68. The van der Waals surface area contributed by atoms with E-state index in [1.165, 1.54) is 0 Å². The van der Waals surface area contributed by atoms with E-state index >= 15 is 0 Å². The average Bonchev–Trinajstić information content (AvgIpc) is 2.47. The Labute approximate surface area is 120 Å². The van der Waals surface area contributed by atoms with Gasteiger partial charge in [0.05, 0.1) is 13.2 Å². The van der Waals surface area contributed by atoms with Crippen molar-refractivity contribution < 1.29 is 9.53 Å². The number of methoxy groups -OCH3 is 1. The molecular formula is C16H22N2O2. The molecule has 2 rings (SSSR count). The van der Waals surface area contributed by atoms with Crippen molar-refractivity contribution in [3.05, 3.63) is 42.5 Å². The maximum absolute atomic E-state index is 11.7. The van der Waals surface area contributed by atoms with E-state index in [2.05, 4.69) is 17.5 Å². The number of rotatable bonds is 4. The SMILES string of the molecule is C=CCN1CCN(C(C)=O)C[C@H]1c1ccccc1OC. The van der Waals surface area contributed by atoms with E-state index in [1.807, 2.05) is 29.2 Å². The second kappa shape index (κ2) is 6.57. The summed E-state index contributed by atoms with van der Waals surface area (Å²) in [5.41, 5.74) is 1.13. The van der Waals surface area contributed by atoms with Crippen molar-refractivity contribution in [3.8, 4) is 5.75 Å². The maximum Gasteiger partial charge on any atom is 0.219 e. The number of hydrogen-bond acceptors (Lipinski definition) is 3. The molecule has 4 heteroatoms. The first-order valence-electron chi connectivity index (χ1n) is 6.90. The third kappa shape index (κ3) is 3.02. The molecule has 1 aromatic carbocycles. The maximum atomic E-state index is 11.7. The topological polar surface area (TPSA) is 32.8 Å². The fourth-order valence-electron chi connectivity index (χ4n) is 2.73. The first kappa shape index (κ1) is 14.6. The molecular weight excluding hydrogens is 252 g/mol. The molecule has 0 saturated carbocycles. The Bertz CT molecular complexity index is 487. The number of para-hydroxylation sites is 1. The second-order valence-corrected chi connectivity index (χ2v) is 5.01. The zero-order chi connectivity index (χ0) is 14.5. The third-order valence-electron chi connectivity index (χ3n) is 3.80. The van der Waals surface area contributed by atoms with E-state index in [-0.39, 0.29) is 11.9 Å². The van der Waals surface area contributed by atoms with E-state index in [9.17, 15) is 4.79 Å². The van der Waals surface area contributed by atoms with Crippen LogP contribution in [0, 0.1) is 0 Å². The summed E-state index contributed by atoms with van der Waals surface area (Å²) in [6.45, 7) is 8.59. The minimum absolute atomic E-state index is 0.128. The number of nitrogens with zero attached hydrogens (tertiary/aromatic N) is 2. The number of benzene rings is 1. The monoisotopic (exact) mass is 274 g/mol. The number of carbonyl (C=O) groups excluding carboxylic acids is 1. The number of ether oxygens (including phenoxy) is 1. The van der Waals surface area contributed by atoms with Crippen LogP contribution in [0.1, 0.15) is 18.5 Å². The van der Waals surface area contributed by atoms with Crippen LogP contribution in [0.2, 0.25) is 0 Å². The molecule has 1 aliphatic rings. The highest BCUT2D eigenvalue weighted by atomic mass is 16.5. The van der Waals surface area contributed by atoms with Crippen LogP contribution < -0.4 is 4.74 Å². The van der Waals surface area contributed by atoms with Crippen LogP contribution >= 0.6 is 0 Å². The van der Waals surface area contributed by atoms with Crippen molar-refractivity contribution in [1.82, 2.24) is 9.80 Å². The summed E-state index contributed by atoms with van der Waals surface area (Å²) in [5, 5.41) is 0. The van der Waals surface area contributed by atoms with Gasteiger partial charge in [0.2, 0.25) is 5.91 Å². The fourth-order valence-corrected chi connectivity index (χ4v) is 2.73. The molecule has 1 aliphatic heterocycles. The Kier molecular flexibility index (Phi) is 4.79. The highest BCUT2D eigenvalue weighted by Crippen LogP contribution is 2.31. The van der Waals surface area contributed by atoms with Crippen LogP contribution in [0.5, 0.6) is 5.75 Å². The van der Waals surface area contributed by atoms with Crippen LogP contribution in [0.25, 0.3) is 0 Å². The lowest BCUT2D eigenvalue weighted by molar-refractivity contribution is -0.131. The Morgan fingerprint density at radius 3 is 2.85 bits per heavy atom. The van der Waals surface area contributed by atoms with Crippen molar-refractivity contribution in [1.29, 1.82) is 0 Å². The molecule has 1 atom stereocenters. The molecule has 0 aliphatic carbocycles. The van der Waals surface area contributed by atoms with Gasteiger partial charge in [-0.15, -0.1) is 6.58 Å². The number of amides is 1. The minimum atomic E-state index is 0.128. The van der Waals surface area contributed by atoms with Crippen molar-refractivity contribution >= 4 is 5.91 Å². The van der Waals surface area contributed by atoms with Crippen LogP contribution in [0.4, 0.5) is 0 Å². The zero-order valence-electron chi connectivity index (χ0n) is 12.2. The molecule has 0 bridgehead atoms. The van der Waals surface area contributed by atoms with Gasteiger partial charge in [-0.05, 0) is 6.07 Å². The molecule has 0 N–H and O–H groups in total. The lowest BCUT2D eigenvalue weighted by Gasteiger charge is -2.41. The standard InChI is InChI=1S/C16H22N2O2/c1-4-9-17-10-11-18(13(2)19)12-15(17)14-7-5-6-8-16(14)20-3/h4-8,15H,1,9-12H2,2-3H3/t15-/m0/s1. The highest BCUT2D eigenvalue weighted by Gasteiger charge is 2.30. The van der Waals surface area contributed by atoms with E-state index in [4.69, 9.17) is 4.74 Å². The molecule has 1 saturated heterocycles. The van der Waals surface area contributed by atoms with Crippen LogP contribution in [0.3, 0.4) is 0 Å². The summed E-state index contributed by atoms with van der Waals surface area (Å²) < 4.78 is 5.46. The lowest BCUT2D eigenvalue weighted by Crippen LogP contribution is -2.49. The van der Waals surface area contributed by atoms with Gasteiger partial charge >= 0.3 is 0 Å². The average molecular weight is 274 g/mol. The number of hydrogen-bond donors (Lipinski definition) is 0. The second-order valence-electron chi connectivity index (χ2n) is 5.01. The molecule has 4 nitrogen and oxygen atoms in total. The fraction of sp³-hybridized carbons (Fsp3) is 0.438. The zero-order valence-corrected chi connectivity index (χ0v) is 12.2. The Hall–Kier alpha value is -1.81. The predicted molar refractivity (Wildman–Crippen MR) is 79.8 cm³/mol. The van der Waals surface area contributed by atoms with Gasteiger partial charge in [0.25, 0.3) is 0 Å². The van der Waals surface area contributed by atoms with Gasteiger partial charge in [-0.3, -0.25) is 9.69 Å². The van der Waals surface area contributed by atoms with Gasteiger partial charge in [0.15, 0.2) is 0 Å². The third-order valence-corrected chi connectivity index (χ3v) is 3.80. The summed E-state index contributed by atoms with van der Waals surface area (Å²) in [6, 6.07) is 8.17. The molecule has 1 aromatic rings. The predicted octanol–water partition coefficient (Wildman–Crippen LogP) is 2.09. The van der Waals surface area contributed by atoms with Crippen molar-refractivity contribution in [2.45, 2.75) is 13.0 Å². The van der Waals surface area contributed by atoms with Gasteiger partial charge in [-0.1, -0.05) is 24.3 Å². The molecule has 1 amide bonds. The molecule has 0 aromatic heterocycles. The number of piperazine rings is 1. The smallest absolute Gasteiger partial charge is 0.219 e. The van der Waals surface area contributed by atoms with Crippen LogP contribution in [-0.4, -0.2) is 49.0 Å². The molecule has 0 unspecified atom stereocenters. The van der Waals surface area contributed by atoms with Gasteiger partial charge in [-0.2, -0.15) is 0 Å². The van der Waals surface area contributed by atoms with E-state index < -0.39 is 0 Å². The van der Waals surface area contributed by atoms with Crippen molar-refractivity contribution in [2.24, 2.45) is 0 Å². The largest absolute Gasteiger partial charge is 0.496 e. The molecule has 0 spiro atoms.